The van der Waals surface area contributed by atoms with E-state index in [1.165, 1.54) is 0 Å². The fourth-order valence-electron chi connectivity index (χ4n) is 1.60. The van der Waals surface area contributed by atoms with Crippen LogP contribution in [0, 0.1) is 6.92 Å². The summed E-state index contributed by atoms with van der Waals surface area (Å²) in [5, 5.41) is 3.46. The lowest BCUT2D eigenvalue weighted by Crippen LogP contribution is -2.35. The number of unbranched alkanes of at least 4 members (excludes halogenated alkanes) is 1. The molecule has 106 valence electrons. The van der Waals surface area contributed by atoms with E-state index in [1.807, 2.05) is 25.3 Å². The molecule has 0 fully saturated rings. The number of ether oxygens (including phenoxy) is 1. The van der Waals surface area contributed by atoms with Crippen LogP contribution < -0.4 is 10.1 Å². The van der Waals surface area contributed by atoms with Gasteiger partial charge in [-0.3, -0.25) is 4.98 Å². The van der Waals surface area contributed by atoms with E-state index >= 15 is 0 Å². The molecule has 1 rings (SSSR count). The molecule has 0 atom stereocenters. The summed E-state index contributed by atoms with van der Waals surface area (Å²) < 4.78 is 5.86. The van der Waals surface area contributed by atoms with Crippen LogP contribution in [-0.2, 0) is 6.54 Å². The molecule has 0 radical (unpaired) electrons. The smallest absolute Gasteiger partial charge is 0.127 e. The second-order valence-electron chi connectivity index (χ2n) is 5.82. The Kier molecular flexibility index (Phi) is 6.03. The molecule has 0 amide bonds. The topological polar surface area (TPSA) is 34.1 Å². The lowest BCUT2D eigenvalue weighted by atomic mass is 10.1. The van der Waals surface area contributed by atoms with Gasteiger partial charge in [0.25, 0.3) is 0 Å². The molecular weight excluding hydrogens is 236 g/mol. The SMILES string of the molecule is C=CCCCOc1cc(C)ncc1CNC(C)(C)C. The van der Waals surface area contributed by atoms with E-state index < -0.39 is 0 Å². The van der Waals surface area contributed by atoms with Crippen LogP contribution in [-0.4, -0.2) is 17.1 Å². The normalized spacial score (nSPS) is 11.4. The third kappa shape index (κ3) is 6.39. The van der Waals surface area contributed by atoms with E-state index in [-0.39, 0.29) is 5.54 Å². The van der Waals surface area contributed by atoms with Crippen molar-refractivity contribution in [3.8, 4) is 5.75 Å². The van der Waals surface area contributed by atoms with Crippen molar-refractivity contribution in [3.63, 3.8) is 0 Å². The number of pyridine rings is 1. The van der Waals surface area contributed by atoms with Gasteiger partial charge >= 0.3 is 0 Å². The number of aromatic nitrogens is 1. The molecule has 0 aliphatic carbocycles. The van der Waals surface area contributed by atoms with Gasteiger partial charge in [-0.05, 0) is 40.5 Å². The van der Waals surface area contributed by atoms with Crippen molar-refractivity contribution in [1.82, 2.24) is 10.3 Å². The van der Waals surface area contributed by atoms with Crippen LogP contribution in [0.2, 0.25) is 0 Å². The van der Waals surface area contributed by atoms with Crippen molar-refractivity contribution >= 4 is 0 Å². The zero-order valence-corrected chi connectivity index (χ0v) is 12.6. The number of nitrogens with zero attached hydrogens (tertiary/aromatic N) is 1. The van der Waals surface area contributed by atoms with Crippen molar-refractivity contribution in [2.24, 2.45) is 0 Å². The first kappa shape index (κ1) is 15.7. The molecule has 0 unspecified atom stereocenters. The Balaban J connectivity index is 2.65. The molecule has 3 heteroatoms. The summed E-state index contributed by atoms with van der Waals surface area (Å²) in [6, 6.07) is 2.01. The van der Waals surface area contributed by atoms with Gasteiger partial charge in [0.05, 0.1) is 6.61 Å². The van der Waals surface area contributed by atoms with Crippen LogP contribution >= 0.6 is 0 Å². The maximum atomic E-state index is 5.86. The van der Waals surface area contributed by atoms with Gasteiger partial charge in [0.2, 0.25) is 0 Å². The molecule has 1 aromatic heterocycles. The van der Waals surface area contributed by atoms with Gasteiger partial charge in [-0.25, -0.2) is 0 Å². The molecule has 3 nitrogen and oxygen atoms in total. The van der Waals surface area contributed by atoms with Gasteiger partial charge < -0.3 is 10.1 Å². The van der Waals surface area contributed by atoms with Crippen LogP contribution in [0.5, 0.6) is 5.75 Å². The minimum absolute atomic E-state index is 0.0883. The third-order valence-corrected chi connectivity index (χ3v) is 2.70. The average Bonchev–Trinajstić information content (AvgIpc) is 2.32. The fraction of sp³-hybridized carbons (Fsp3) is 0.562. The second-order valence-corrected chi connectivity index (χ2v) is 5.82. The molecule has 0 saturated carbocycles. The summed E-state index contributed by atoms with van der Waals surface area (Å²) in [6.07, 6.45) is 5.80. The molecule has 0 aromatic carbocycles. The molecule has 0 bridgehead atoms. The van der Waals surface area contributed by atoms with Crippen molar-refractivity contribution in [3.05, 3.63) is 36.2 Å². The van der Waals surface area contributed by atoms with E-state index in [4.69, 9.17) is 4.74 Å². The predicted molar refractivity (Wildman–Crippen MR) is 80.5 cm³/mol. The summed E-state index contributed by atoms with van der Waals surface area (Å²) in [5.74, 6) is 0.938. The average molecular weight is 262 g/mol. The lowest BCUT2D eigenvalue weighted by Gasteiger charge is -2.21. The Bertz CT molecular complexity index is 408. The Morgan fingerprint density at radius 1 is 1.42 bits per heavy atom. The Labute approximate surface area is 117 Å². The molecule has 0 saturated heterocycles. The van der Waals surface area contributed by atoms with Crippen molar-refractivity contribution < 1.29 is 4.74 Å². The van der Waals surface area contributed by atoms with Crippen LogP contribution in [0.25, 0.3) is 0 Å². The summed E-state index contributed by atoms with van der Waals surface area (Å²) in [5.41, 5.74) is 2.18. The summed E-state index contributed by atoms with van der Waals surface area (Å²) in [6.45, 7) is 13.6. The van der Waals surface area contributed by atoms with Crippen LogP contribution in [0.1, 0.15) is 44.9 Å². The van der Waals surface area contributed by atoms with E-state index in [0.29, 0.717) is 0 Å². The van der Waals surface area contributed by atoms with Gasteiger partial charge in [0.15, 0.2) is 0 Å². The summed E-state index contributed by atoms with van der Waals surface area (Å²) in [7, 11) is 0. The zero-order valence-electron chi connectivity index (χ0n) is 12.6. The largest absolute Gasteiger partial charge is 0.493 e. The van der Waals surface area contributed by atoms with Crippen LogP contribution in [0.4, 0.5) is 0 Å². The molecule has 19 heavy (non-hydrogen) atoms. The minimum Gasteiger partial charge on any atom is -0.493 e. The zero-order chi connectivity index (χ0) is 14.3. The second kappa shape index (κ2) is 7.29. The quantitative estimate of drug-likeness (QED) is 0.602. The molecular formula is C16H26N2O. The highest BCUT2D eigenvalue weighted by Crippen LogP contribution is 2.19. The van der Waals surface area contributed by atoms with E-state index in [0.717, 1.165) is 43.0 Å². The van der Waals surface area contributed by atoms with Gasteiger partial charge in [0.1, 0.15) is 5.75 Å². The maximum Gasteiger partial charge on any atom is 0.127 e. The molecule has 0 aliphatic heterocycles. The summed E-state index contributed by atoms with van der Waals surface area (Å²) in [4.78, 5) is 4.35. The van der Waals surface area contributed by atoms with Gasteiger partial charge in [-0.1, -0.05) is 6.08 Å². The van der Waals surface area contributed by atoms with E-state index in [9.17, 15) is 0 Å². The standard InChI is InChI=1S/C16H26N2O/c1-6-7-8-9-19-15-10-13(2)17-11-14(15)12-18-16(3,4)5/h6,10-11,18H,1,7-9,12H2,2-5H3. The molecule has 1 N–H and O–H groups in total. The van der Waals surface area contributed by atoms with E-state index in [1.54, 1.807) is 0 Å². The minimum atomic E-state index is 0.0883. The molecule has 1 heterocycles. The Morgan fingerprint density at radius 2 is 2.16 bits per heavy atom. The first-order valence-electron chi connectivity index (χ1n) is 6.86. The van der Waals surface area contributed by atoms with Gasteiger partial charge in [-0.2, -0.15) is 0 Å². The maximum absolute atomic E-state index is 5.86. The van der Waals surface area contributed by atoms with Gasteiger partial charge in [0, 0.05) is 35.6 Å². The molecule has 1 aromatic rings. The number of aryl methyl sites for hydroxylation is 1. The first-order chi connectivity index (χ1) is 8.92. The summed E-state index contributed by atoms with van der Waals surface area (Å²) >= 11 is 0. The van der Waals surface area contributed by atoms with Crippen molar-refractivity contribution in [2.45, 2.75) is 52.6 Å². The third-order valence-electron chi connectivity index (χ3n) is 2.70. The number of nitrogens with one attached hydrogen (secondary N) is 1. The number of rotatable bonds is 7. The van der Waals surface area contributed by atoms with Gasteiger partial charge in [-0.15, -0.1) is 6.58 Å². The highest BCUT2D eigenvalue weighted by Gasteiger charge is 2.11. The molecule has 0 spiro atoms. The van der Waals surface area contributed by atoms with Crippen molar-refractivity contribution in [1.29, 1.82) is 0 Å². The van der Waals surface area contributed by atoms with Crippen LogP contribution in [0.3, 0.4) is 0 Å². The fourth-order valence-corrected chi connectivity index (χ4v) is 1.60. The van der Waals surface area contributed by atoms with Crippen LogP contribution in [0.15, 0.2) is 24.9 Å². The predicted octanol–water partition coefficient (Wildman–Crippen LogP) is 3.62. The Morgan fingerprint density at radius 3 is 2.79 bits per heavy atom. The van der Waals surface area contributed by atoms with E-state index in [2.05, 4.69) is 37.7 Å². The number of hydrogen-bond acceptors (Lipinski definition) is 3. The first-order valence-corrected chi connectivity index (χ1v) is 6.86. The monoisotopic (exact) mass is 262 g/mol. The highest BCUT2D eigenvalue weighted by molar-refractivity contribution is 5.32. The van der Waals surface area contributed by atoms with Crippen molar-refractivity contribution in [2.75, 3.05) is 6.61 Å². The Hall–Kier alpha value is -1.35. The number of allylic oxidation sites excluding steroid dienone is 1. The lowest BCUT2D eigenvalue weighted by molar-refractivity contribution is 0.305. The number of hydrogen-bond donors (Lipinski definition) is 1. The highest BCUT2D eigenvalue weighted by atomic mass is 16.5. The molecule has 0 aliphatic rings.